The SMILES string of the molecule is CC(CCc1ccccc1)NC(=O)c1c(N)cccc1Cl. The summed E-state index contributed by atoms with van der Waals surface area (Å²) in [4.78, 5) is 12.2. The first-order valence-electron chi connectivity index (χ1n) is 6.96. The fourth-order valence-corrected chi connectivity index (χ4v) is 2.44. The van der Waals surface area contributed by atoms with E-state index in [2.05, 4.69) is 17.4 Å². The van der Waals surface area contributed by atoms with Crippen molar-refractivity contribution in [3.8, 4) is 0 Å². The van der Waals surface area contributed by atoms with Crippen LogP contribution in [0, 0.1) is 0 Å². The van der Waals surface area contributed by atoms with Crippen molar-refractivity contribution in [3.05, 3.63) is 64.7 Å². The number of hydrogen-bond donors (Lipinski definition) is 2. The van der Waals surface area contributed by atoms with Gasteiger partial charge in [-0.05, 0) is 37.5 Å². The first-order valence-corrected chi connectivity index (χ1v) is 7.34. The second-order valence-electron chi connectivity index (χ2n) is 5.10. The van der Waals surface area contributed by atoms with E-state index in [9.17, 15) is 4.79 Å². The van der Waals surface area contributed by atoms with Crippen molar-refractivity contribution in [2.45, 2.75) is 25.8 Å². The monoisotopic (exact) mass is 302 g/mol. The quantitative estimate of drug-likeness (QED) is 0.828. The highest BCUT2D eigenvalue weighted by molar-refractivity contribution is 6.34. The van der Waals surface area contributed by atoms with Crippen molar-refractivity contribution in [2.75, 3.05) is 5.73 Å². The van der Waals surface area contributed by atoms with Gasteiger partial charge in [-0.1, -0.05) is 48.0 Å². The predicted octanol–water partition coefficient (Wildman–Crippen LogP) is 3.67. The molecule has 0 aliphatic rings. The van der Waals surface area contributed by atoms with E-state index in [0.717, 1.165) is 12.8 Å². The summed E-state index contributed by atoms with van der Waals surface area (Å²) in [5.74, 6) is -0.223. The van der Waals surface area contributed by atoms with Gasteiger partial charge in [0.2, 0.25) is 0 Å². The van der Waals surface area contributed by atoms with Crippen LogP contribution in [0.5, 0.6) is 0 Å². The summed E-state index contributed by atoms with van der Waals surface area (Å²) in [6, 6.07) is 15.3. The molecule has 3 nitrogen and oxygen atoms in total. The molecule has 110 valence electrons. The van der Waals surface area contributed by atoms with Crippen LogP contribution in [-0.2, 0) is 6.42 Å². The predicted molar refractivity (Wildman–Crippen MR) is 87.6 cm³/mol. The highest BCUT2D eigenvalue weighted by Gasteiger charge is 2.15. The number of aryl methyl sites for hydroxylation is 1. The Morgan fingerprint density at radius 2 is 1.90 bits per heavy atom. The molecule has 0 heterocycles. The van der Waals surface area contributed by atoms with Crippen LogP contribution >= 0.6 is 11.6 Å². The Bertz CT molecular complexity index is 593. The number of nitrogen functional groups attached to an aromatic ring is 1. The van der Waals surface area contributed by atoms with Crippen molar-refractivity contribution in [3.63, 3.8) is 0 Å². The van der Waals surface area contributed by atoms with Crippen LogP contribution in [-0.4, -0.2) is 11.9 Å². The van der Waals surface area contributed by atoms with Gasteiger partial charge in [0.15, 0.2) is 0 Å². The number of amides is 1. The molecular formula is C17H19ClN2O. The fraction of sp³-hybridized carbons (Fsp3) is 0.235. The largest absolute Gasteiger partial charge is 0.398 e. The fourth-order valence-electron chi connectivity index (χ4n) is 2.18. The van der Waals surface area contributed by atoms with Gasteiger partial charge >= 0.3 is 0 Å². The van der Waals surface area contributed by atoms with Crippen molar-refractivity contribution in [1.29, 1.82) is 0 Å². The Morgan fingerprint density at radius 1 is 1.19 bits per heavy atom. The lowest BCUT2D eigenvalue weighted by atomic mass is 10.1. The molecule has 0 saturated heterocycles. The van der Waals surface area contributed by atoms with Crippen molar-refractivity contribution in [1.82, 2.24) is 5.32 Å². The Kier molecular flexibility index (Phi) is 5.23. The van der Waals surface area contributed by atoms with Crippen LogP contribution in [0.3, 0.4) is 0 Å². The number of hydrogen-bond acceptors (Lipinski definition) is 2. The molecule has 2 aromatic carbocycles. The molecule has 0 aliphatic heterocycles. The molecule has 0 spiro atoms. The number of benzene rings is 2. The van der Waals surface area contributed by atoms with E-state index in [1.54, 1.807) is 18.2 Å². The second kappa shape index (κ2) is 7.14. The van der Waals surface area contributed by atoms with Crippen LogP contribution in [0.2, 0.25) is 5.02 Å². The summed E-state index contributed by atoms with van der Waals surface area (Å²) in [6.45, 7) is 1.98. The molecule has 21 heavy (non-hydrogen) atoms. The first kappa shape index (κ1) is 15.4. The lowest BCUT2D eigenvalue weighted by molar-refractivity contribution is 0.0939. The molecule has 0 aliphatic carbocycles. The standard InChI is InChI=1S/C17H19ClN2O/c1-12(10-11-13-6-3-2-4-7-13)20-17(21)16-14(18)8-5-9-15(16)19/h2-9,12H,10-11,19H2,1H3,(H,20,21). The van der Waals surface area contributed by atoms with Gasteiger partial charge in [-0.2, -0.15) is 0 Å². The minimum absolute atomic E-state index is 0.0494. The molecule has 0 radical (unpaired) electrons. The summed E-state index contributed by atoms with van der Waals surface area (Å²) in [7, 11) is 0. The van der Waals surface area contributed by atoms with Gasteiger partial charge in [0, 0.05) is 11.7 Å². The maximum atomic E-state index is 12.2. The van der Waals surface area contributed by atoms with E-state index in [1.165, 1.54) is 5.56 Å². The van der Waals surface area contributed by atoms with Gasteiger partial charge in [-0.15, -0.1) is 0 Å². The van der Waals surface area contributed by atoms with Crippen molar-refractivity contribution < 1.29 is 4.79 Å². The van der Waals surface area contributed by atoms with Gasteiger partial charge in [-0.25, -0.2) is 0 Å². The van der Waals surface area contributed by atoms with Gasteiger partial charge in [0.1, 0.15) is 0 Å². The van der Waals surface area contributed by atoms with E-state index < -0.39 is 0 Å². The van der Waals surface area contributed by atoms with Crippen LogP contribution in [0.25, 0.3) is 0 Å². The summed E-state index contributed by atoms with van der Waals surface area (Å²) >= 11 is 6.04. The van der Waals surface area contributed by atoms with E-state index in [1.807, 2.05) is 25.1 Å². The lowest BCUT2D eigenvalue weighted by Gasteiger charge is -2.15. The van der Waals surface area contributed by atoms with E-state index in [-0.39, 0.29) is 11.9 Å². The number of rotatable bonds is 5. The van der Waals surface area contributed by atoms with E-state index in [4.69, 9.17) is 17.3 Å². The highest BCUT2D eigenvalue weighted by atomic mass is 35.5. The second-order valence-corrected chi connectivity index (χ2v) is 5.51. The molecule has 1 unspecified atom stereocenters. The molecule has 0 bridgehead atoms. The normalized spacial score (nSPS) is 11.9. The average molecular weight is 303 g/mol. The van der Waals surface area contributed by atoms with Gasteiger partial charge in [-0.3, -0.25) is 4.79 Å². The summed E-state index contributed by atoms with van der Waals surface area (Å²) in [5.41, 5.74) is 7.83. The third-order valence-electron chi connectivity index (χ3n) is 3.36. The zero-order valence-electron chi connectivity index (χ0n) is 12.0. The number of nitrogens with one attached hydrogen (secondary N) is 1. The number of carbonyl (C=O) groups is 1. The Morgan fingerprint density at radius 3 is 2.57 bits per heavy atom. The van der Waals surface area contributed by atoms with E-state index >= 15 is 0 Å². The Labute approximate surface area is 130 Å². The molecule has 1 atom stereocenters. The summed E-state index contributed by atoms with van der Waals surface area (Å²) < 4.78 is 0. The highest BCUT2D eigenvalue weighted by Crippen LogP contribution is 2.21. The Hall–Kier alpha value is -2.00. The molecule has 0 aromatic heterocycles. The van der Waals surface area contributed by atoms with Gasteiger partial charge < -0.3 is 11.1 Å². The van der Waals surface area contributed by atoms with Gasteiger partial charge in [0.25, 0.3) is 5.91 Å². The maximum Gasteiger partial charge on any atom is 0.255 e. The molecule has 0 fully saturated rings. The summed E-state index contributed by atoms with van der Waals surface area (Å²) in [6.07, 6.45) is 1.78. The van der Waals surface area contributed by atoms with Crippen molar-refractivity contribution >= 4 is 23.2 Å². The molecule has 1 amide bonds. The smallest absolute Gasteiger partial charge is 0.255 e. The number of halogens is 1. The van der Waals surface area contributed by atoms with E-state index in [0.29, 0.717) is 16.3 Å². The first-order chi connectivity index (χ1) is 10.1. The third kappa shape index (κ3) is 4.23. The number of nitrogens with two attached hydrogens (primary N) is 1. The maximum absolute atomic E-state index is 12.2. The zero-order chi connectivity index (χ0) is 15.2. The molecule has 4 heteroatoms. The molecule has 2 aromatic rings. The molecular weight excluding hydrogens is 284 g/mol. The van der Waals surface area contributed by atoms with Crippen LogP contribution in [0.4, 0.5) is 5.69 Å². The minimum atomic E-state index is -0.223. The number of anilines is 1. The topological polar surface area (TPSA) is 55.1 Å². The summed E-state index contributed by atoms with van der Waals surface area (Å²) in [5, 5.41) is 3.32. The molecule has 0 saturated carbocycles. The van der Waals surface area contributed by atoms with Crippen LogP contribution < -0.4 is 11.1 Å². The molecule has 3 N–H and O–H groups in total. The number of carbonyl (C=O) groups excluding carboxylic acids is 1. The van der Waals surface area contributed by atoms with Crippen LogP contribution in [0.15, 0.2) is 48.5 Å². The van der Waals surface area contributed by atoms with Gasteiger partial charge in [0.05, 0.1) is 10.6 Å². The lowest BCUT2D eigenvalue weighted by Crippen LogP contribution is -2.33. The minimum Gasteiger partial charge on any atom is -0.398 e. The average Bonchev–Trinajstić information content (AvgIpc) is 2.46. The molecule has 2 rings (SSSR count). The van der Waals surface area contributed by atoms with Crippen LogP contribution in [0.1, 0.15) is 29.3 Å². The zero-order valence-corrected chi connectivity index (χ0v) is 12.7. The Balaban J connectivity index is 1.93. The third-order valence-corrected chi connectivity index (χ3v) is 3.67. The van der Waals surface area contributed by atoms with Crippen molar-refractivity contribution in [2.24, 2.45) is 0 Å².